The van der Waals surface area contributed by atoms with Gasteiger partial charge in [0.05, 0.1) is 13.2 Å². The van der Waals surface area contributed by atoms with Crippen molar-refractivity contribution in [3.8, 4) is 11.1 Å². The van der Waals surface area contributed by atoms with Crippen LogP contribution in [0.4, 0.5) is 0 Å². The largest absolute Gasteiger partial charge is 0.361 e. The molecule has 0 spiro atoms. The minimum absolute atomic E-state index is 0.0478. The van der Waals surface area contributed by atoms with Crippen LogP contribution in [0, 0.1) is 5.92 Å². The van der Waals surface area contributed by atoms with E-state index in [0.29, 0.717) is 19.6 Å². The molecule has 1 fully saturated rings. The average molecular weight is 396 g/mol. The second kappa shape index (κ2) is 8.74. The van der Waals surface area contributed by atoms with E-state index in [1.807, 2.05) is 50.2 Å². The Labute approximate surface area is 172 Å². The number of pyridine rings is 1. The van der Waals surface area contributed by atoms with Crippen molar-refractivity contribution < 1.29 is 14.3 Å². The minimum Gasteiger partial charge on any atom is -0.361 e. The summed E-state index contributed by atoms with van der Waals surface area (Å²) < 4.78 is 6.15. The molecule has 1 aromatic carbocycles. The number of hydrogen-bond donors (Lipinski definition) is 0. The number of carbonyl (C=O) groups excluding carboxylic acids is 2. The maximum absolute atomic E-state index is 13.3. The van der Waals surface area contributed by atoms with Gasteiger partial charge in [-0.25, -0.2) is 0 Å². The molecule has 2 amide bonds. The molecule has 0 saturated carbocycles. The maximum Gasteiger partial charge on any atom is 0.256 e. The van der Waals surface area contributed by atoms with Crippen LogP contribution in [0.3, 0.4) is 0 Å². The number of amides is 2. The lowest BCUT2D eigenvalue weighted by atomic mass is 9.87. The number of ether oxygens (including phenoxy) is 1. The van der Waals surface area contributed by atoms with E-state index < -0.39 is 5.60 Å². The summed E-state index contributed by atoms with van der Waals surface area (Å²) in [7, 11) is 3.46. The molecular formula is C23H29N3O3. The number of benzene rings is 1. The third-order valence-corrected chi connectivity index (χ3v) is 5.27. The first-order valence-corrected chi connectivity index (χ1v) is 9.97. The number of nitrogens with zero attached hydrogens (tertiary/aromatic N) is 3. The van der Waals surface area contributed by atoms with Gasteiger partial charge >= 0.3 is 0 Å². The Morgan fingerprint density at radius 1 is 1.17 bits per heavy atom. The molecule has 2 heterocycles. The zero-order valence-corrected chi connectivity index (χ0v) is 17.6. The van der Waals surface area contributed by atoms with Gasteiger partial charge < -0.3 is 14.5 Å². The van der Waals surface area contributed by atoms with Crippen LogP contribution >= 0.6 is 0 Å². The molecule has 1 saturated heterocycles. The fraction of sp³-hybridized carbons (Fsp3) is 0.435. The Bertz CT molecular complexity index is 867. The van der Waals surface area contributed by atoms with E-state index in [2.05, 4.69) is 4.98 Å². The van der Waals surface area contributed by atoms with Crippen molar-refractivity contribution in [1.82, 2.24) is 14.8 Å². The van der Waals surface area contributed by atoms with Gasteiger partial charge in [0.15, 0.2) is 5.60 Å². The van der Waals surface area contributed by atoms with Gasteiger partial charge in [0.2, 0.25) is 5.91 Å². The third kappa shape index (κ3) is 4.48. The van der Waals surface area contributed by atoms with E-state index in [1.165, 1.54) is 0 Å². The van der Waals surface area contributed by atoms with E-state index in [-0.39, 0.29) is 24.3 Å². The lowest BCUT2D eigenvalue weighted by Crippen LogP contribution is -2.62. The smallest absolute Gasteiger partial charge is 0.256 e. The van der Waals surface area contributed by atoms with Crippen LogP contribution in [0.2, 0.25) is 0 Å². The Balaban J connectivity index is 2.00. The summed E-state index contributed by atoms with van der Waals surface area (Å²) in [5.41, 5.74) is 1.98. The first-order valence-electron chi connectivity index (χ1n) is 9.97. The van der Waals surface area contributed by atoms with Gasteiger partial charge in [-0.1, -0.05) is 38.1 Å². The summed E-state index contributed by atoms with van der Waals surface area (Å²) in [5.74, 6) is -0.195. The summed E-state index contributed by atoms with van der Waals surface area (Å²) in [5, 5.41) is 0. The average Bonchev–Trinajstić information content (AvgIpc) is 2.73. The Morgan fingerprint density at radius 2 is 1.86 bits per heavy atom. The summed E-state index contributed by atoms with van der Waals surface area (Å²) in [4.78, 5) is 33.3. The number of aromatic nitrogens is 1. The van der Waals surface area contributed by atoms with Crippen LogP contribution in [0.25, 0.3) is 11.1 Å². The molecule has 1 aliphatic heterocycles. The summed E-state index contributed by atoms with van der Waals surface area (Å²) in [6.07, 6.45) is 3.91. The highest BCUT2D eigenvalue weighted by molar-refractivity contribution is 5.88. The number of carbonyl (C=O) groups is 2. The molecule has 2 aromatic rings. The first-order chi connectivity index (χ1) is 13.8. The Hall–Kier alpha value is -2.73. The van der Waals surface area contributed by atoms with Gasteiger partial charge in [0, 0.05) is 45.4 Å². The predicted octanol–water partition coefficient (Wildman–Crippen LogP) is 2.63. The second-order valence-corrected chi connectivity index (χ2v) is 8.03. The van der Waals surface area contributed by atoms with Gasteiger partial charge in [-0.05, 0) is 28.8 Å². The van der Waals surface area contributed by atoms with Crippen molar-refractivity contribution in [3.63, 3.8) is 0 Å². The SMILES string of the molecule is CC(C)C(=O)N1CCOC(Cc2ccccc2-c2ccncc2)(C(=O)N(C)C)C1. The molecular weight excluding hydrogens is 366 g/mol. The van der Waals surface area contributed by atoms with Crippen LogP contribution in [0.5, 0.6) is 0 Å². The van der Waals surface area contributed by atoms with Gasteiger partial charge in [-0.2, -0.15) is 0 Å². The van der Waals surface area contributed by atoms with Crippen molar-refractivity contribution in [3.05, 3.63) is 54.4 Å². The van der Waals surface area contributed by atoms with Gasteiger partial charge in [-0.3, -0.25) is 14.6 Å². The fourth-order valence-corrected chi connectivity index (χ4v) is 3.85. The maximum atomic E-state index is 13.3. The first kappa shape index (κ1) is 21.0. The van der Waals surface area contributed by atoms with Crippen LogP contribution in [0.1, 0.15) is 19.4 Å². The van der Waals surface area contributed by atoms with E-state index in [4.69, 9.17) is 4.74 Å². The fourth-order valence-electron chi connectivity index (χ4n) is 3.85. The number of rotatable bonds is 5. The third-order valence-electron chi connectivity index (χ3n) is 5.27. The minimum atomic E-state index is -1.10. The molecule has 0 N–H and O–H groups in total. The van der Waals surface area contributed by atoms with E-state index in [9.17, 15) is 9.59 Å². The van der Waals surface area contributed by atoms with E-state index >= 15 is 0 Å². The van der Waals surface area contributed by atoms with Crippen LogP contribution in [-0.2, 0) is 20.7 Å². The Morgan fingerprint density at radius 3 is 2.52 bits per heavy atom. The predicted molar refractivity (Wildman–Crippen MR) is 112 cm³/mol. The highest BCUT2D eigenvalue weighted by atomic mass is 16.5. The van der Waals surface area contributed by atoms with Crippen molar-refractivity contribution in [1.29, 1.82) is 0 Å². The molecule has 29 heavy (non-hydrogen) atoms. The molecule has 154 valence electrons. The molecule has 0 aliphatic carbocycles. The van der Waals surface area contributed by atoms with Crippen molar-refractivity contribution >= 4 is 11.8 Å². The molecule has 6 heteroatoms. The highest BCUT2D eigenvalue weighted by Crippen LogP contribution is 2.31. The molecule has 1 atom stereocenters. The van der Waals surface area contributed by atoms with Gasteiger partial charge in [0.25, 0.3) is 5.91 Å². The number of likely N-dealkylation sites (N-methyl/N-ethyl adjacent to an activating group) is 1. The van der Waals surface area contributed by atoms with E-state index in [0.717, 1.165) is 16.7 Å². The molecule has 1 aliphatic rings. The van der Waals surface area contributed by atoms with E-state index in [1.54, 1.807) is 36.3 Å². The second-order valence-electron chi connectivity index (χ2n) is 8.03. The summed E-state index contributed by atoms with van der Waals surface area (Å²) >= 11 is 0. The zero-order chi connectivity index (χ0) is 21.0. The monoisotopic (exact) mass is 395 g/mol. The number of morpholine rings is 1. The van der Waals surface area contributed by atoms with Crippen LogP contribution in [0.15, 0.2) is 48.8 Å². The highest BCUT2D eigenvalue weighted by Gasteiger charge is 2.46. The molecule has 1 aromatic heterocycles. The molecule has 1 unspecified atom stereocenters. The lowest BCUT2D eigenvalue weighted by molar-refractivity contribution is -0.173. The molecule has 0 bridgehead atoms. The number of hydrogen-bond acceptors (Lipinski definition) is 4. The topological polar surface area (TPSA) is 62.7 Å². The molecule has 6 nitrogen and oxygen atoms in total. The lowest BCUT2D eigenvalue weighted by Gasteiger charge is -2.43. The molecule has 3 rings (SSSR count). The van der Waals surface area contributed by atoms with Gasteiger partial charge in [0.1, 0.15) is 0 Å². The molecule has 0 radical (unpaired) electrons. The summed E-state index contributed by atoms with van der Waals surface area (Å²) in [6.45, 7) is 4.87. The van der Waals surface area contributed by atoms with Crippen LogP contribution in [-0.4, -0.2) is 66.0 Å². The van der Waals surface area contributed by atoms with Crippen molar-refractivity contribution in [2.45, 2.75) is 25.9 Å². The standard InChI is InChI=1S/C23H29N3O3/c1-17(2)21(27)26-13-14-29-23(16-26,22(28)25(3)4)15-19-7-5-6-8-20(19)18-9-11-24-12-10-18/h5-12,17H,13-16H2,1-4H3. The van der Waals surface area contributed by atoms with Gasteiger partial charge in [-0.15, -0.1) is 0 Å². The Kier molecular flexibility index (Phi) is 6.33. The zero-order valence-electron chi connectivity index (χ0n) is 17.6. The van der Waals surface area contributed by atoms with Crippen molar-refractivity contribution in [2.24, 2.45) is 5.92 Å². The van der Waals surface area contributed by atoms with Crippen molar-refractivity contribution in [2.75, 3.05) is 33.8 Å². The quantitative estimate of drug-likeness (QED) is 0.781. The summed E-state index contributed by atoms with van der Waals surface area (Å²) in [6, 6.07) is 11.9. The normalized spacial score (nSPS) is 19.3. The van der Waals surface area contributed by atoms with Crippen LogP contribution < -0.4 is 0 Å².